The van der Waals surface area contributed by atoms with Crippen molar-refractivity contribution in [3.63, 3.8) is 0 Å². The Balaban J connectivity index is 1.80. The van der Waals surface area contributed by atoms with Crippen LogP contribution in [0.1, 0.15) is 23.8 Å². The average Bonchev–Trinajstić information content (AvgIpc) is 2.86. The van der Waals surface area contributed by atoms with E-state index in [4.69, 9.17) is 0 Å². The molecule has 0 radical (unpaired) electrons. The van der Waals surface area contributed by atoms with E-state index in [0.717, 1.165) is 19.0 Å². The SMILES string of the molecule is C[C@@H]1CCc2sc3ncnc(N4CC[NH+](C)CC4)c3c2C1. The average molecular weight is 303 g/mol. The number of nitrogens with one attached hydrogen (secondary N) is 1. The molecule has 0 saturated carbocycles. The highest BCUT2D eigenvalue weighted by Crippen LogP contribution is 2.40. The summed E-state index contributed by atoms with van der Waals surface area (Å²) in [4.78, 5) is 16.1. The summed E-state index contributed by atoms with van der Waals surface area (Å²) in [5.74, 6) is 1.99. The molecule has 2 aliphatic rings. The van der Waals surface area contributed by atoms with Crippen molar-refractivity contribution in [1.29, 1.82) is 0 Å². The van der Waals surface area contributed by atoms with E-state index in [1.54, 1.807) is 21.7 Å². The maximum absolute atomic E-state index is 4.67. The normalized spacial score (nSPS) is 23.5. The number of piperazine rings is 1. The first-order chi connectivity index (χ1) is 10.2. The Bertz CT molecular complexity index is 658. The summed E-state index contributed by atoms with van der Waals surface area (Å²) in [5, 5.41) is 1.36. The van der Waals surface area contributed by atoms with Crippen LogP contribution in [-0.4, -0.2) is 43.2 Å². The molecule has 4 rings (SSSR count). The predicted molar refractivity (Wildman–Crippen MR) is 87.4 cm³/mol. The van der Waals surface area contributed by atoms with Gasteiger partial charge in [0.25, 0.3) is 0 Å². The molecule has 0 amide bonds. The van der Waals surface area contributed by atoms with Crippen LogP contribution < -0.4 is 9.80 Å². The molecule has 1 atom stereocenters. The molecule has 3 heterocycles. The van der Waals surface area contributed by atoms with Gasteiger partial charge >= 0.3 is 0 Å². The quantitative estimate of drug-likeness (QED) is 0.858. The fourth-order valence-corrected chi connectivity index (χ4v) is 4.78. The van der Waals surface area contributed by atoms with Gasteiger partial charge in [0.2, 0.25) is 0 Å². The Kier molecular flexibility index (Phi) is 3.34. The van der Waals surface area contributed by atoms with Crippen LogP contribution in [0.15, 0.2) is 6.33 Å². The Morgan fingerprint density at radius 3 is 2.90 bits per heavy atom. The van der Waals surface area contributed by atoms with Crippen molar-refractivity contribution in [3.8, 4) is 0 Å². The lowest BCUT2D eigenvalue weighted by Gasteiger charge is -2.31. The molecule has 2 aromatic rings. The second-order valence-electron chi connectivity index (χ2n) is 6.67. The van der Waals surface area contributed by atoms with Gasteiger partial charge in [0.05, 0.1) is 38.6 Å². The third-order valence-corrected chi connectivity index (χ3v) is 6.18. The maximum atomic E-state index is 4.67. The van der Waals surface area contributed by atoms with Crippen molar-refractivity contribution in [1.82, 2.24) is 9.97 Å². The number of hydrogen-bond acceptors (Lipinski definition) is 4. The zero-order chi connectivity index (χ0) is 14.4. The number of aromatic nitrogens is 2. The fraction of sp³-hybridized carbons (Fsp3) is 0.625. The number of thiophene rings is 1. The third-order valence-electron chi connectivity index (χ3n) is 4.98. The van der Waals surface area contributed by atoms with Gasteiger partial charge in [-0.2, -0.15) is 0 Å². The van der Waals surface area contributed by atoms with Crippen molar-refractivity contribution in [3.05, 3.63) is 16.8 Å². The van der Waals surface area contributed by atoms with Crippen molar-refractivity contribution in [2.75, 3.05) is 38.1 Å². The maximum Gasteiger partial charge on any atom is 0.141 e. The molecule has 4 nitrogen and oxygen atoms in total. The molecule has 1 aliphatic heterocycles. The smallest absolute Gasteiger partial charge is 0.141 e. The van der Waals surface area contributed by atoms with Crippen molar-refractivity contribution in [2.24, 2.45) is 5.92 Å². The molecule has 2 aromatic heterocycles. The van der Waals surface area contributed by atoms with Crippen LogP contribution in [0.25, 0.3) is 10.2 Å². The summed E-state index contributed by atoms with van der Waals surface area (Å²) < 4.78 is 0. The van der Waals surface area contributed by atoms with E-state index in [-0.39, 0.29) is 0 Å². The minimum absolute atomic E-state index is 0.792. The van der Waals surface area contributed by atoms with Crippen molar-refractivity contribution >= 4 is 27.4 Å². The van der Waals surface area contributed by atoms with E-state index in [0.29, 0.717) is 0 Å². The molecule has 21 heavy (non-hydrogen) atoms. The highest BCUT2D eigenvalue weighted by Gasteiger charge is 2.26. The van der Waals surface area contributed by atoms with E-state index in [1.807, 2.05) is 11.3 Å². The third kappa shape index (κ3) is 2.32. The van der Waals surface area contributed by atoms with Crippen LogP contribution in [0, 0.1) is 5.92 Å². The van der Waals surface area contributed by atoms with Crippen LogP contribution in [0.2, 0.25) is 0 Å². The number of nitrogens with zero attached hydrogens (tertiary/aromatic N) is 3. The topological polar surface area (TPSA) is 33.5 Å². The molecule has 1 fully saturated rings. The van der Waals surface area contributed by atoms with Gasteiger partial charge in [-0.15, -0.1) is 11.3 Å². The molecule has 1 saturated heterocycles. The van der Waals surface area contributed by atoms with E-state index in [1.165, 1.54) is 48.4 Å². The number of aryl methyl sites for hydroxylation is 1. The monoisotopic (exact) mass is 303 g/mol. The zero-order valence-corrected chi connectivity index (χ0v) is 13.7. The zero-order valence-electron chi connectivity index (χ0n) is 12.9. The van der Waals surface area contributed by atoms with Crippen LogP contribution in [0.4, 0.5) is 5.82 Å². The minimum atomic E-state index is 0.792. The van der Waals surface area contributed by atoms with Gasteiger partial charge in [-0.05, 0) is 30.7 Å². The van der Waals surface area contributed by atoms with Gasteiger partial charge in [-0.1, -0.05) is 6.92 Å². The molecule has 112 valence electrons. The lowest BCUT2D eigenvalue weighted by Crippen LogP contribution is -3.12. The number of quaternary nitrogens is 1. The lowest BCUT2D eigenvalue weighted by molar-refractivity contribution is -0.880. The predicted octanol–water partition coefficient (Wildman–Crippen LogP) is 1.15. The first-order valence-corrected chi connectivity index (χ1v) is 8.85. The fourth-order valence-electron chi connectivity index (χ4n) is 3.61. The summed E-state index contributed by atoms with van der Waals surface area (Å²) in [6, 6.07) is 0. The van der Waals surface area contributed by atoms with E-state index >= 15 is 0 Å². The van der Waals surface area contributed by atoms with Crippen LogP contribution in [0.3, 0.4) is 0 Å². The molecule has 5 heteroatoms. The van der Waals surface area contributed by atoms with Gasteiger partial charge in [0.15, 0.2) is 0 Å². The number of fused-ring (bicyclic) bond motifs is 3. The molecule has 0 aromatic carbocycles. The van der Waals surface area contributed by atoms with Gasteiger partial charge in [-0.3, -0.25) is 0 Å². The molecular weight excluding hydrogens is 280 g/mol. The Morgan fingerprint density at radius 1 is 1.29 bits per heavy atom. The van der Waals surface area contributed by atoms with Crippen molar-refractivity contribution < 1.29 is 4.90 Å². The molecule has 0 bridgehead atoms. The van der Waals surface area contributed by atoms with Crippen LogP contribution in [-0.2, 0) is 12.8 Å². The van der Waals surface area contributed by atoms with Gasteiger partial charge in [-0.25, -0.2) is 9.97 Å². The first-order valence-electron chi connectivity index (χ1n) is 8.04. The largest absolute Gasteiger partial charge is 0.345 e. The summed E-state index contributed by atoms with van der Waals surface area (Å²) >= 11 is 1.90. The van der Waals surface area contributed by atoms with E-state index in [9.17, 15) is 0 Å². The molecule has 0 spiro atoms. The van der Waals surface area contributed by atoms with E-state index < -0.39 is 0 Å². The van der Waals surface area contributed by atoms with Gasteiger partial charge < -0.3 is 9.80 Å². The van der Waals surface area contributed by atoms with E-state index in [2.05, 4.69) is 28.8 Å². The number of rotatable bonds is 1. The number of likely N-dealkylation sites (N-methyl/N-ethyl adjacent to an activating group) is 1. The van der Waals surface area contributed by atoms with Gasteiger partial charge in [0.1, 0.15) is 17.0 Å². The second kappa shape index (κ2) is 5.21. The van der Waals surface area contributed by atoms with Gasteiger partial charge in [0, 0.05) is 4.88 Å². The Labute approximate surface area is 129 Å². The van der Waals surface area contributed by atoms with Crippen molar-refractivity contribution in [2.45, 2.75) is 26.2 Å². The number of hydrogen-bond donors (Lipinski definition) is 1. The number of anilines is 1. The Hall–Kier alpha value is -1.20. The highest BCUT2D eigenvalue weighted by molar-refractivity contribution is 7.19. The summed E-state index contributed by atoms with van der Waals surface area (Å²) in [7, 11) is 2.28. The van der Waals surface area contributed by atoms with Crippen LogP contribution in [0.5, 0.6) is 0 Å². The molecular formula is C16H23N4S+. The first kappa shape index (κ1) is 13.5. The summed E-state index contributed by atoms with van der Waals surface area (Å²) in [5.41, 5.74) is 1.55. The molecule has 1 aliphatic carbocycles. The summed E-state index contributed by atoms with van der Waals surface area (Å²) in [6.45, 7) is 6.99. The highest BCUT2D eigenvalue weighted by atomic mass is 32.1. The molecule has 0 unspecified atom stereocenters. The standard InChI is InChI=1S/C16H22N4S/c1-11-3-4-13-12(9-11)14-15(17-10-18-16(14)21-13)20-7-5-19(2)6-8-20/h10-11H,3-9H2,1-2H3/p+1/t11-/m1/s1. The molecule has 1 N–H and O–H groups in total. The minimum Gasteiger partial charge on any atom is -0.345 e. The Morgan fingerprint density at radius 2 is 2.10 bits per heavy atom. The lowest BCUT2D eigenvalue weighted by atomic mass is 9.88. The second-order valence-corrected chi connectivity index (χ2v) is 7.76. The summed E-state index contributed by atoms with van der Waals surface area (Å²) in [6.07, 6.45) is 5.51. The van der Waals surface area contributed by atoms with Crippen LogP contribution >= 0.6 is 11.3 Å².